The minimum atomic E-state index is -0.248. The number of hydrogen-bond acceptors (Lipinski definition) is 2. The fourth-order valence-electron chi connectivity index (χ4n) is 2.67. The molecule has 0 fully saturated rings. The zero-order chi connectivity index (χ0) is 18.4. The lowest BCUT2D eigenvalue weighted by molar-refractivity contribution is 0.0941. The van der Waals surface area contributed by atoms with Crippen molar-refractivity contribution in [1.82, 2.24) is 5.32 Å². The molecular weight excluding hydrogens is 324 g/mol. The summed E-state index contributed by atoms with van der Waals surface area (Å²) in [5, 5.41) is 5.80. The summed E-state index contributed by atoms with van der Waals surface area (Å²) in [4.78, 5) is 25.1. The van der Waals surface area contributed by atoms with Crippen molar-refractivity contribution < 1.29 is 9.59 Å². The zero-order valence-electron chi connectivity index (χ0n) is 14.5. The van der Waals surface area contributed by atoms with Gasteiger partial charge in [-0.25, -0.2) is 0 Å². The average molecular weight is 344 g/mol. The molecule has 0 saturated carbocycles. The van der Waals surface area contributed by atoms with E-state index >= 15 is 0 Å². The summed E-state index contributed by atoms with van der Waals surface area (Å²) in [6.45, 7) is 1.93. The molecule has 0 aliphatic carbocycles. The number of hydrogen-bond donors (Lipinski definition) is 2. The molecule has 26 heavy (non-hydrogen) atoms. The van der Waals surface area contributed by atoms with E-state index in [0.29, 0.717) is 16.8 Å². The molecule has 0 aliphatic heterocycles. The van der Waals surface area contributed by atoms with Gasteiger partial charge in [-0.3, -0.25) is 9.59 Å². The van der Waals surface area contributed by atoms with Crippen LogP contribution in [0.3, 0.4) is 0 Å². The number of nitrogens with one attached hydrogen (secondary N) is 2. The number of carbonyl (C=O) groups is 2. The van der Waals surface area contributed by atoms with Crippen LogP contribution in [0.25, 0.3) is 0 Å². The Balaban J connectivity index is 1.76. The Morgan fingerprint density at radius 1 is 0.731 bits per heavy atom. The maximum Gasteiger partial charge on any atom is 0.255 e. The molecule has 130 valence electrons. The van der Waals surface area contributed by atoms with Crippen LogP contribution < -0.4 is 10.6 Å². The molecule has 3 aromatic rings. The second-order valence-corrected chi connectivity index (χ2v) is 5.97. The zero-order valence-corrected chi connectivity index (χ0v) is 14.5. The van der Waals surface area contributed by atoms with Crippen molar-refractivity contribution in [3.8, 4) is 0 Å². The Morgan fingerprint density at radius 3 is 2.00 bits per heavy atom. The van der Waals surface area contributed by atoms with Crippen LogP contribution in [0.4, 0.5) is 5.69 Å². The number of para-hydroxylation sites is 1. The summed E-state index contributed by atoms with van der Waals surface area (Å²) in [5.74, 6) is -0.479. The highest BCUT2D eigenvalue weighted by Gasteiger charge is 2.16. The van der Waals surface area contributed by atoms with Crippen LogP contribution >= 0.6 is 0 Å². The van der Waals surface area contributed by atoms with Gasteiger partial charge in [0, 0.05) is 5.56 Å². The third-order valence-corrected chi connectivity index (χ3v) is 4.10. The lowest BCUT2D eigenvalue weighted by atomic mass is 10.1. The van der Waals surface area contributed by atoms with Crippen molar-refractivity contribution in [2.45, 2.75) is 13.0 Å². The van der Waals surface area contributed by atoms with Gasteiger partial charge >= 0.3 is 0 Å². The van der Waals surface area contributed by atoms with E-state index in [2.05, 4.69) is 10.6 Å². The summed E-state index contributed by atoms with van der Waals surface area (Å²) in [7, 11) is 0. The molecule has 0 spiro atoms. The molecule has 0 radical (unpaired) electrons. The first kappa shape index (κ1) is 17.4. The Hall–Kier alpha value is -3.40. The van der Waals surface area contributed by atoms with E-state index in [4.69, 9.17) is 0 Å². The summed E-state index contributed by atoms with van der Waals surface area (Å²) < 4.78 is 0. The normalized spacial score (nSPS) is 11.4. The monoisotopic (exact) mass is 344 g/mol. The van der Waals surface area contributed by atoms with Crippen LogP contribution in [-0.4, -0.2) is 11.8 Å². The minimum Gasteiger partial charge on any atom is -0.345 e. The highest BCUT2D eigenvalue weighted by atomic mass is 16.2. The summed E-state index contributed by atoms with van der Waals surface area (Å²) in [6.07, 6.45) is 0. The maximum atomic E-state index is 12.7. The minimum absolute atomic E-state index is 0.137. The first-order valence-electron chi connectivity index (χ1n) is 8.46. The lowest BCUT2D eigenvalue weighted by Crippen LogP contribution is -2.28. The second-order valence-electron chi connectivity index (χ2n) is 5.97. The Bertz CT molecular complexity index is 892. The molecule has 2 amide bonds. The van der Waals surface area contributed by atoms with Crippen LogP contribution in [0.15, 0.2) is 84.9 Å². The standard InChI is InChI=1S/C22H20N2O2/c1-16(17-10-4-2-5-11-17)23-22(26)19-14-8-9-15-20(19)24-21(25)18-12-6-3-7-13-18/h2-16H,1H3,(H,23,26)(H,24,25). The second kappa shape index (κ2) is 8.12. The van der Waals surface area contributed by atoms with Gasteiger partial charge in [-0.1, -0.05) is 60.7 Å². The van der Waals surface area contributed by atoms with E-state index in [9.17, 15) is 9.59 Å². The molecule has 2 N–H and O–H groups in total. The molecule has 0 aromatic heterocycles. The van der Waals surface area contributed by atoms with Crippen LogP contribution in [0, 0.1) is 0 Å². The molecule has 3 rings (SSSR count). The van der Waals surface area contributed by atoms with Gasteiger partial charge in [0.15, 0.2) is 0 Å². The number of carbonyl (C=O) groups excluding carboxylic acids is 2. The van der Waals surface area contributed by atoms with Crippen molar-refractivity contribution in [3.63, 3.8) is 0 Å². The van der Waals surface area contributed by atoms with Gasteiger partial charge in [0.05, 0.1) is 17.3 Å². The van der Waals surface area contributed by atoms with Crippen LogP contribution in [0.5, 0.6) is 0 Å². The molecule has 1 atom stereocenters. The summed E-state index contributed by atoms with van der Waals surface area (Å²) in [5.41, 5.74) is 2.48. The topological polar surface area (TPSA) is 58.2 Å². The molecular formula is C22H20N2O2. The molecule has 3 aromatic carbocycles. The van der Waals surface area contributed by atoms with E-state index < -0.39 is 0 Å². The van der Waals surface area contributed by atoms with Gasteiger partial charge in [-0.15, -0.1) is 0 Å². The van der Waals surface area contributed by atoms with Crippen molar-refractivity contribution in [1.29, 1.82) is 0 Å². The lowest BCUT2D eigenvalue weighted by Gasteiger charge is -2.16. The maximum absolute atomic E-state index is 12.7. The fourth-order valence-corrected chi connectivity index (χ4v) is 2.67. The van der Waals surface area contributed by atoms with Gasteiger partial charge < -0.3 is 10.6 Å². The van der Waals surface area contributed by atoms with Crippen LogP contribution in [0.1, 0.15) is 39.2 Å². The molecule has 1 unspecified atom stereocenters. The predicted molar refractivity (Wildman–Crippen MR) is 103 cm³/mol. The summed E-state index contributed by atoms with van der Waals surface area (Å²) >= 11 is 0. The SMILES string of the molecule is CC(NC(=O)c1ccccc1NC(=O)c1ccccc1)c1ccccc1. The van der Waals surface area contributed by atoms with E-state index in [1.165, 1.54) is 0 Å². The van der Waals surface area contributed by atoms with Gasteiger partial charge in [0.1, 0.15) is 0 Å². The number of benzene rings is 3. The predicted octanol–water partition coefficient (Wildman–Crippen LogP) is 4.43. The third-order valence-electron chi connectivity index (χ3n) is 4.10. The van der Waals surface area contributed by atoms with Crippen LogP contribution in [0.2, 0.25) is 0 Å². The molecule has 0 saturated heterocycles. The van der Waals surface area contributed by atoms with E-state index in [1.54, 1.807) is 48.5 Å². The highest BCUT2D eigenvalue weighted by molar-refractivity contribution is 6.09. The quantitative estimate of drug-likeness (QED) is 0.719. The highest BCUT2D eigenvalue weighted by Crippen LogP contribution is 2.18. The molecule has 4 nitrogen and oxygen atoms in total. The molecule has 4 heteroatoms. The van der Waals surface area contributed by atoms with Crippen molar-refractivity contribution in [2.75, 3.05) is 5.32 Å². The molecule has 0 heterocycles. The smallest absolute Gasteiger partial charge is 0.255 e. The van der Waals surface area contributed by atoms with Crippen molar-refractivity contribution in [2.24, 2.45) is 0 Å². The molecule has 0 bridgehead atoms. The first-order chi connectivity index (χ1) is 12.6. The average Bonchev–Trinajstić information content (AvgIpc) is 2.69. The largest absolute Gasteiger partial charge is 0.345 e. The Morgan fingerprint density at radius 2 is 1.31 bits per heavy atom. The number of rotatable bonds is 5. The van der Waals surface area contributed by atoms with E-state index in [1.807, 2.05) is 43.3 Å². The van der Waals surface area contributed by atoms with E-state index in [0.717, 1.165) is 5.56 Å². The number of amides is 2. The first-order valence-corrected chi connectivity index (χ1v) is 8.46. The third kappa shape index (κ3) is 4.16. The van der Waals surface area contributed by atoms with Crippen molar-refractivity contribution >= 4 is 17.5 Å². The number of anilines is 1. The summed E-state index contributed by atoms with van der Waals surface area (Å²) in [6, 6.07) is 25.5. The molecule has 0 aliphatic rings. The Kier molecular flexibility index (Phi) is 5.44. The van der Waals surface area contributed by atoms with Crippen molar-refractivity contribution in [3.05, 3.63) is 102 Å². The fraction of sp³-hybridized carbons (Fsp3) is 0.0909. The van der Waals surface area contributed by atoms with Gasteiger partial charge in [-0.05, 0) is 36.8 Å². The Labute approximate surface area is 152 Å². The van der Waals surface area contributed by atoms with Crippen LogP contribution in [-0.2, 0) is 0 Å². The van der Waals surface area contributed by atoms with E-state index in [-0.39, 0.29) is 17.9 Å². The van der Waals surface area contributed by atoms with Gasteiger partial charge in [-0.2, -0.15) is 0 Å². The van der Waals surface area contributed by atoms with Gasteiger partial charge in [0.2, 0.25) is 0 Å². The van der Waals surface area contributed by atoms with Gasteiger partial charge in [0.25, 0.3) is 11.8 Å².